The number of halogens is 2. The molecule has 2 aromatic heterocycles. The third-order valence-electron chi connectivity index (χ3n) is 3.30. The first-order chi connectivity index (χ1) is 8.81. The smallest absolute Gasteiger partial charge is 0.162 e. The molecule has 3 rings (SSSR count). The summed E-state index contributed by atoms with van der Waals surface area (Å²) in [6.07, 6.45) is 3.87. The van der Waals surface area contributed by atoms with Crippen LogP contribution < -0.4 is 5.73 Å². The van der Waals surface area contributed by atoms with Crippen molar-refractivity contribution in [2.24, 2.45) is 5.73 Å². The van der Waals surface area contributed by atoms with E-state index in [2.05, 4.69) is 15.3 Å². The van der Waals surface area contributed by atoms with Crippen molar-refractivity contribution in [3.8, 4) is 10.8 Å². The lowest BCUT2D eigenvalue weighted by molar-refractivity contribution is 0.204. The van der Waals surface area contributed by atoms with E-state index >= 15 is 0 Å². The quantitative estimate of drug-likeness (QED) is 0.935. The summed E-state index contributed by atoms with van der Waals surface area (Å²) in [6.45, 7) is 3.08. The van der Waals surface area contributed by atoms with Crippen LogP contribution in [0.2, 0.25) is 0 Å². The van der Waals surface area contributed by atoms with Crippen LogP contribution in [-0.2, 0) is 6.54 Å². The third-order valence-corrected chi connectivity index (χ3v) is 4.21. The van der Waals surface area contributed by atoms with Gasteiger partial charge in [0, 0.05) is 31.1 Å². The van der Waals surface area contributed by atoms with Crippen LogP contribution in [0.4, 0.5) is 0 Å². The average Bonchev–Trinajstić information content (AvgIpc) is 3.02. The second kappa shape index (κ2) is 8.00. The molecule has 0 saturated carbocycles. The monoisotopic (exact) mass is 335 g/mol. The van der Waals surface area contributed by atoms with Gasteiger partial charge in [-0.05, 0) is 25.0 Å². The van der Waals surface area contributed by atoms with Crippen LogP contribution in [0.3, 0.4) is 0 Å². The highest BCUT2D eigenvalue weighted by Crippen LogP contribution is 2.24. The third kappa shape index (κ3) is 4.20. The molecular weight excluding hydrogens is 317 g/mol. The van der Waals surface area contributed by atoms with Gasteiger partial charge in [-0.25, -0.2) is 4.98 Å². The van der Waals surface area contributed by atoms with E-state index in [1.165, 1.54) is 0 Å². The molecule has 0 amide bonds. The second-order valence-corrected chi connectivity index (χ2v) is 5.59. The number of likely N-dealkylation sites (tertiary alicyclic amines) is 1. The summed E-state index contributed by atoms with van der Waals surface area (Å²) in [5.74, 6) is 0.854. The minimum atomic E-state index is 0. The maximum Gasteiger partial charge on any atom is 0.162 e. The summed E-state index contributed by atoms with van der Waals surface area (Å²) in [7, 11) is 0. The van der Waals surface area contributed by atoms with Gasteiger partial charge in [0.05, 0.1) is 12.0 Å². The molecule has 0 aliphatic carbocycles. The van der Waals surface area contributed by atoms with Crippen molar-refractivity contribution >= 4 is 36.2 Å². The Morgan fingerprint density at radius 2 is 2.10 bits per heavy atom. The first-order valence-electron chi connectivity index (χ1n) is 6.27. The zero-order valence-corrected chi connectivity index (χ0v) is 13.5. The zero-order chi connectivity index (χ0) is 12.4. The topological polar surface area (TPSA) is 55.3 Å². The van der Waals surface area contributed by atoms with Gasteiger partial charge in [0.25, 0.3) is 0 Å². The molecular formula is C13H19Cl2N3OS. The molecule has 0 radical (unpaired) electrons. The zero-order valence-electron chi connectivity index (χ0n) is 11.0. The summed E-state index contributed by atoms with van der Waals surface area (Å²) in [5, 5.41) is 3.08. The van der Waals surface area contributed by atoms with Crippen molar-refractivity contribution in [3.63, 3.8) is 0 Å². The Labute approximate surface area is 135 Å². The lowest BCUT2D eigenvalue weighted by Crippen LogP contribution is -2.39. The second-order valence-electron chi connectivity index (χ2n) is 4.73. The van der Waals surface area contributed by atoms with Crippen molar-refractivity contribution in [1.82, 2.24) is 9.88 Å². The predicted molar refractivity (Wildman–Crippen MR) is 86.8 cm³/mol. The van der Waals surface area contributed by atoms with E-state index in [9.17, 15) is 0 Å². The Kier molecular flexibility index (Phi) is 6.99. The molecule has 0 atom stereocenters. The van der Waals surface area contributed by atoms with E-state index in [0.29, 0.717) is 6.04 Å². The predicted octanol–water partition coefficient (Wildman–Crippen LogP) is 3.17. The molecule has 1 aliphatic heterocycles. The summed E-state index contributed by atoms with van der Waals surface area (Å²) in [4.78, 5) is 7.04. The van der Waals surface area contributed by atoms with Crippen LogP contribution in [0.15, 0.2) is 28.2 Å². The molecule has 0 aromatic carbocycles. The number of hydrogen-bond acceptors (Lipinski definition) is 5. The van der Waals surface area contributed by atoms with Crippen molar-refractivity contribution in [1.29, 1.82) is 0 Å². The highest BCUT2D eigenvalue weighted by Gasteiger charge is 2.17. The minimum Gasteiger partial charge on any atom is -0.462 e. The van der Waals surface area contributed by atoms with Crippen molar-refractivity contribution < 1.29 is 4.42 Å². The van der Waals surface area contributed by atoms with E-state index in [1.54, 1.807) is 17.6 Å². The van der Waals surface area contributed by atoms with Gasteiger partial charge in [-0.3, -0.25) is 4.90 Å². The minimum absolute atomic E-state index is 0. The Morgan fingerprint density at radius 1 is 1.35 bits per heavy atom. The summed E-state index contributed by atoms with van der Waals surface area (Å²) < 4.78 is 5.35. The first-order valence-corrected chi connectivity index (χ1v) is 7.15. The molecule has 4 nitrogen and oxygen atoms in total. The molecule has 0 bridgehead atoms. The summed E-state index contributed by atoms with van der Waals surface area (Å²) >= 11 is 1.64. The van der Waals surface area contributed by atoms with Crippen LogP contribution in [-0.4, -0.2) is 29.0 Å². The lowest BCUT2D eigenvalue weighted by Gasteiger charge is -2.29. The molecule has 20 heavy (non-hydrogen) atoms. The van der Waals surface area contributed by atoms with Gasteiger partial charge in [0.15, 0.2) is 10.8 Å². The molecule has 1 aliphatic rings. The molecule has 3 heterocycles. The average molecular weight is 336 g/mol. The Hall–Kier alpha value is -0.590. The number of piperidine rings is 1. The van der Waals surface area contributed by atoms with Gasteiger partial charge < -0.3 is 10.2 Å². The fraction of sp³-hybridized carbons (Fsp3) is 0.462. The maximum atomic E-state index is 5.91. The number of rotatable bonds is 3. The SMILES string of the molecule is Cl.Cl.NC1CCN(Cc2csc(-c3ccco3)n2)CC1. The fourth-order valence-electron chi connectivity index (χ4n) is 2.23. The van der Waals surface area contributed by atoms with Crippen LogP contribution in [0, 0.1) is 0 Å². The molecule has 0 unspecified atom stereocenters. The van der Waals surface area contributed by atoms with Crippen molar-refractivity contribution in [2.45, 2.75) is 25.4 Å². The molecule has 2 N–H and O–H groups in total. The highest BCUT2D eigenvalue weighted by atomic mass is 35.5. The largest absolute Gasteiger partial charge is 0.462 e. The maximum absolute atomic E-state index is 5.91. The Balaban J connectivity index is 0.000001000. The van der Waals surface area contributed by atoms with Crippen LogP contribution in [0.25, 0.3) is 10.8 Å². The Morgan fingerprint density at radius 3 is 2.75 bits per heavy atom. The standard InChI is InChI=1S/C13H17N3OS.2ClH/c14-10-3-5-16(6-4-10)8-11-9-18-13(15-11)12-2-1-7-17-12;;/h1-2,7,9-10H,3-6,8,14H2;2*1H. The highest BCUT2D eigenvalue weighted by molar-refractivity contribution is 7.13. The molecule has 1 fully saturated rings. The summed E-state index contributed by atoms with van der Waals surface area (Å²) in [6, 6.07) is 4.22. The lowest BCUT2D eigenvalue weighted by atomic mass is 10.1. The number of thiazole rings is 1. The van der Waals surface area contributed by atoms with Gasteiger partial charge >= 0.3 is 0 Å². The van der Waals surface area contributed by atoms with Crippen LogP contribution in [0.1, 0.15) is 18.5 Å². The van der Waals surface area contributed by atoms with E-state index in [0.717, 1.165) is 48.9 Å². The van der Waals surface area contributed by atoms with E-state index in [1.807, 2.05) is 12.1 Å². The molecule has 1 saturated heterocycles. The molecule has 7 heteroatoms. The molecule has 112 valence electrons. The number of aromatic nitrogens is 1. The van der Waals surface area contributed by atoms with E-state index in [4.69, 9.17) is 10.2 Å². The van der Waals surface area contributed by atoms with Gasteiger partial charge in [-0.1, -0.05) is 0 Å². The fourth-order valence-corrected chi connectivity index (χ4v) is 3.01. The van der Waals surface area contributed by atoms with Crippen molar-refractivity contribution in [3.05, 3.63) is 29.5 Å². The number of nitrogens with zero attached hydrogens (tertiary/aromatic N) is 2. The normalized spacial score (nSPS) is 16.4. The van der Waals surface area contributed by atoms with E-state index < -0.39 is 0 Å². The molecule has 2 aromatic rings. The van der Waals surface area contributed by atoms with Gasteiger partial charge in [0.2, 0.25) is 0 Å². The van der Waals surface area contributed by atoms with Crippen molar-refractivity contribution in [2.75, 3.05) is 13.1 Å². The number of furan rings is 1. The van der Waals surface area contributed by atoms with Gasteiger partial charge in [-0.15, -0.1) is 36.2 Å². The van der Waals surface area contributed by atoms with E-state index in [-0.39, 0.29) is 24.8 Å². The van der Waals surface area contributed by atoms with Gasteiger partial charge in [0.1, 0.15) is 0 Å². The Bertz CT molecular complexity index is 495. The molecule has 0 spiro atoms. The number of nitrogens with two attached hydrogens (primary N) is 1. The van der Waals surface area contributed by atoms with Gasteiger partial charge in [-0.2, -0.15) is 0 Å². The first kappa shape index (κ1) is 17.5. The van der Waals surface area contributed by atoms with Crippen LogP contribution >= 0.6 is 36.2 Å². The number of hydrogen-bond donors (Lipinski definition) is 1. The summed E-state index contributed by atoms with van der Waals surface area (Å²) in [5.41, 5.74) is 7.03. The van der Waals surface area contributed by atoms with Crippen LogP contribution in [0.5, 0.6) is 0 Å².